The van der Waals surface area contributed by atoms with Crippen LogP contribution < -0.4 is 5.73 Å². The summed E-state index contributed by atoms with van der Waals surface area (Å²) in [6.07, 6.45) is 1.68. The monoisotopic (exact) mass is 377 g/mol. The van der Waals surface area contributed by atoms with Crippen LogP contribution in [0.15, 0.2) is 34.6 Å². The fraction of sp³-hybridized carbons (Fsp3) is 0.333. The predicted octanol–water partition coefficient (Wildman–Crippen LogP) is 0.711. The first-order valence-corrected chi connectivity index (χ1v) is 9.60. The summed E-state index contributed by atoms with van der Waals surface area (Å²) in [6, 6.07) is 3.12. The number of fused-ring (bicyclic) bond motifs is 2. The Morgan fingerprint density at radius 2 is 2.36 bits per heavy atom. The minimum atomic E-state index is -1.09. The van der Waals surface area contributed by atoms with Crippen molar-refractivity contribution >= 4 is 41.0 Å². The molecule has 2 aliphatic rings. The van der Waals surface area contributed by atoms with Crippen molar-refractivity contribution in [2.75, 3.05) is 11.5 Å². The topological polar surface area (TPSA) is 114 Å². The Bertz CT molecular complexity index is 925. The van der Waals surface area contributed by atoms with Gasteiger partial charge in [0.1, 0.15) is 22.1 Å². The molecule has 2 aromatic rings. The number of nitrogens with two attached hydrogens (primary N) is 1. The van der Waals surface area contributed by atoms with Crippen LogP contribution in [-0.4, -0.2) is 59.4 Å². The molecule has 2 aromatic heterocycles. The van der Waals surface area contributed by atoms with Gasteiger partial charge in [0.15, 0.2) is 5.65 Å². The Morgan fingerprint density at radius 1 is 1.56 bits per heavy atom. The number of aliphatic carboxylic acids is 1. The average Bonchev–Trinajstić information content (AvgIpc) is 3.06. The second-order valence-corrected chi connectivity index (χ2v) is 7.92. The fourth-order valence-corrected chi connectivity index (χ4v) is 5.46. The molecule has 4 rings (SSSR count). The average molecular weight is 377 g/mol. The summed E-state index contributed by atoms with van der Waals surface area (Å²) < 4.78 is 1.72. The van der Waals surface area contributed by atoms with Gasteiger partial charge in [-0.15, -0.1) is 23.5 Å². The lowest BCUT2D eigenvalue weighted by atomic mass is 10.0. The van der Waals surface area contributed by atoms with Gasteiger partial charge in [0.2, 0.25) is 5.91 Å². The maximum Gasteiger partial charge on any atom is 0.352 e. The maximum absolute atomic E-state index is 12.0. The zero-order valence-electron chi connectivity index (χ0n) is 13.2. The lowest BCUT2D eigenvalue weighted by molar-refractivity contribution is -0.147. The van der Waals surface area contributed by atoms with Crippen LogP contribution in [0.4, 0.5) is 0 Å². The summed E-state index contributed by atoms with van der Waals surface area (Å²) in [7, 11) is 0. The largest absolute Gasteiger partial charge is 0.477 e. The van der Waals surface area contributed by atoms with E-state index >= 15 is 0 Å². The second-order valence-electron chi connectivity index (χ2n) is 5.82. The number of aryl methyl sites for hydroxylation is 1. The number of hydrogen-bond donors (Lipinski definition) is 2. The molecule has 0 radical (unpaired) electrons. The van der Waals surface area contributed by atoms with Gasteiger partial charge < -0.3 is 10.8 Å². The van der Waals surface area contributed by atoms with E-state index in [-0.39, 0.29) is 17.0 Å². The van der Waals surface area contributed by atoms with E-state index in [0.29, 0.717) is 17.1 Å². The number of carbonyl (C=O) groups excluding carboxylic acids is 1. The summed E-state index contributed by atoms with van der Waals surface area (Å²) in [6.45, 7) is 1.90. The Hall–Kier alpha value is -2.04. The first-order valence-electron chi connectivity index (χ1n) is 7.57. The van der Waals surface area contributed by atoms with Crippen molar-refractivity contribution in [3.63, 3.8) is 0 Å². The van der Waals surface area contributed by atoms with Crippen molar-refractivity contribution in [1.29, 1.82) is 0 Å². The Labute approximate surface area is 151 Å². The molecule has 130 valence electrons. The lowest BCUT2D eigenvalue weighted by Gasteiger charge is -2.48. The predicted molar refractivity (Wildman–Crippen MR) is 94.2 cm³/mol. The van der Waals surface area contributed by atoms with Crippen LogP contribution >= 0.6 is 23.5 Å². The highest BCUT2D eigenvalue weighted by Gasteiger charge is 2.51. The van der Waals surface area contributed by atoms with Gasteiger partial charge in [0.25, 0.3) is 0 Å². The van der Waals surface area contributed by atoms with Crippen LogP contribution in [0.3, 0.4) is 0 Å². The van der Waals surface area contributed by atoms with Crippen molar-refractivity contribution in [2.24, 2.45) is 5.73 Å². The van der Waals surface area contributed by atoms with E-state index in [1.165, 1.54) is 28.4 Å². The van der Waals surface area contributed by atoms with Crippen LogP contribution in [0, 0.1) is 6.92 Å². The van der Waals surface area contributed by atoms with Crippen LogP contribution in [0.25, 0.3) is 5.65 Å². The molecule has 3 N–H and O–H groups in total. The quantitative estimate of drug-likeness (QED) is 0.455. The molecule has 8 nitrogen and oxygen atoms in total. The van der Waals surface area contributed by atoms with Gasteiger partial charge in [-0.25, -0.2) is 14.3 Å². The van der Waals surface area contributed by atoms with Crippen molar-refractivity contribution in [2.45, 2.75) is 23.4 Å². The number of rotatable bonds is 4. The van der Waals surface area contributed by atoms with Gasteiger partial charge in [-0.3, -0.25) is 9.69 Å². The Kier molecular flexibility index (Phi) is 3.97. The smallest absolute Gasteiger partial charge is 0.352 e. The van der Waals surface area contributed by atoms with Crippen molar-refractivity contribution in [1.82, 2.24) is 19.5 Å². The van der Waals surface area contributed by atoms with Crippen molar-refractivity contribution in [3.8, 4) is 0 Å². The number of carbonyl (C=O) groups is 2. The molecule has 0 aromatic carbocycles. The van der Waals surface area contributed by atoms with Crippen molar-refractivity contribution < 1.29 is 14.7 Å². The number of β-lactam (4-membered cyclic amide) rings is 1. The third-order valence-electron chi connectivity index (χ3n) is 4.14. The van der Waals surface area contributed by atoms with Gasteiger partial charge in [-0.05, 0) is 18.6 Å². The zero-order chi connectivity index (χ0) is 17.7. The molecular weight excluding hydrogens is 362 g/mol. The molecule has 0 saturated carbocycles. The molecule has 25 heavy (non-hydrogen) atoms. The van der Waals surface area contributed by atoms with Crippen LogP contribution in [-0.2, 0) is 9.59 Å². The van der Waals surface area contributed by atoms with Gasteiger partial charge in [-0.2, -0.15) is 5.10 Å². The summed E-state index contributed by atoms with van der Waals surface area (Å²) in [5.41, 5.74) is 8.17. The zero-order valence-corrected chi connectivity index (χ0v) is 14.9. The van der Waals surface area contributed by atoms with Gasteiger partial charge in [-0.1, -0.05) is 0 Å². The SMILES string of the molecule is Cc1cc(SCC2=C(C(=O)O)N3C(=O)C(N)[C@@H]3SC2)n2nccc2n1. The third kappa shape index (κ3) is 2.60. The first-order chi connectivity index (χ1) is 12.0. The number of thioether (sulfide) groups is 2. The van der Waals surface area contributed by atoms with Gasteiger partial charge in [0, 0.05) is 23.3 Å². The number of carboxylic acid groups (broad SMARTS) is 1. The third-order valence-corrected chi connectivity index (χ3v) is 6.58. The highest BCUT2D eigenvalue weighted by molar-refractivity contribution is 8.01. The summed E-state index contributed by atoms with van der Waals surface area (Å²) >= 11 is 2.99. The number of hydrogen-bond acceptors (Lipinski definition) is 7. The molecule has 4 heterocycles. The highest BCUT2D eigenvalue weighted by atomic mass is 32.2. The number of carboxylic acids is 1. The molecule has 1 fully saturated rings. The first kappa shape index (κ1) is 16.4. The standard InChI is InChI=1S/C15H15N5O3S2/c1-7-4-10(20-9(18-7)2-3-17-20)24-5-8-6-25-14-11(16)13(21)19(14)12(8)15(22)23/h2-4,11,14H,5-6,16H2,1H3,(H,22,23)/t11?,14-/m0/s1. The molecule has 1 saturated heterocycles. The summed E-state index contributed by atoms with van der Waals surface area (Å²) in [4.78, 5) is 29.4. The normalized spacial score (nSPS) is 23.0. The molecule has 0 aliphatic carbocycles. The molecular formula is C15H15N5O3S2. The highest BCUT2D eigenvalue weighted by Crippen LogP contribution is 2.40. The van der Waals surface area contributed by atoms with Crippen LogP contribution in [0.5, 0.6) is 0 Å². The molecule has 10 heteroatoms. The van der Waals surface area contributed by atoms with Gasteiger partial charge in [0.05, 0.1) is 6.20 Å². The van der Waals surface area contributed by atoms with Gasteiger partial charge >= 0.3 is 5.97 Å². The van der Waals surface area contributed by atoms with E-state index in [9.17, 15) is 14.7 Å². The van der Waals surface area contributed by atoms with E-state index < -0.39 is 12.0 Å². The van der Waals surface area contributed by atoms with Crippen LogP contribution in [0.2, 0.25) is 0 Å². The molecule has 2 aliphatic heterocycles. The molecule has 2 atom stereocenters. The summed E-state index contributed by atoms with van der Waals surface area (Å²) in [5, 5.41) is 14.4. The van der Waals surface area contributed by atoms with E-state index in [1.807, 2.05) is 19.1 Å². The van der Waals surface area contributed by atoms with E-state index in [1.54, 1.807) is 10.7 Å². The molecule has 0 bridgehead atoms. The lowest BCUT2D eigenvalue weighted by Crippen LogP contribution is -2.68. The number of amides is 1. The molecule has 0 spiro atoms. The molecule has 1 unspecified atom stereocenters. The number of nitrogens with zero attached hydrogens (tertiary/aromatic N) is 4. The number of aromatic nitrogens is 3. The molecule has 1 amide bonds. The minimum absolute atomic E-state index is 0.0745. The maximum atomic E-state index is 12.0. The Balaban J connectivity index is 1.63. The summed E-state index contributed by atoms with van der Waals surface area (Å²) in [5.74, 6) is -0.412. The van der Waals surface area contributed by atoms with E-state index in [2.05, 4.69) is 10.1 Å². The Morgan fingerprint density at radius 3 is 3.12 bits per heavy atom. The van der Waals surface area contributed by atoms with E-state index in [4.69, 9.17) is 5.73 Å². The van der Waals surface area contributed by atoms with E-state index in [0.717, 1.165) is 16.4 Å². The van der Waals surface area contributed by atoms with Crippen molar-refractivity contribution in [3.05, 3.63) is 35.3 Å². The second kappa shape index (κ2) is 6.04. The minimum Gasteiger partial charge on any atom is -0.477 e. The fourth-order valence-electron chi connectivity index (χ4n) is 2.96. The van der Waals surface area contributed by atoms with Crippen LogP contribution in [0.1, 0.15) is 5.69 Å².